The number of amides is 2. The second kappa shape index (κ2) is 14.3. The molecule has 1 aliphatic rings. The maximum absolute atomic E-state index is 13.5. The van der Waals surface area contributed by atoms with Gasteiger partial charge >= 0.3 is 5.97 Å². The number of carbonyl (C=O) groups excluding carboxylic acids is 3. The summed E-state index contributed by atoms with van der Waals surface area (Å²) in [5.41, 5.74) is 0.850. The Kier molecular flexibility index (Phi) is 12.1. The molecule has 1 aliphatic heterocycles. The van der Waals surface area contributed by atoms with Gasteiger partial charge in [-0.05, 0) is 70.9 Å². The fourth-order valence-corrected chi connectivity index (χ4v) is 5.63. The number of nitrogens with zero attached hydrogens (tertiary/aromatic N) is 1. The average Bonchev–Trinajstić information content (AvgIpc) is 2.83. The number of carbonyl (C=O) groups is 3. The molecule has 2 N–H and O–H groups in total. The smallest absolute Gasteiger partial charge is 0.329 e. The van der Waals surface area contributed by atoms with E-state index in [9.17, 15) is 19.5 Å². The van der Waals surface area contributed by atoms with Crippen LogP contribution in [-0.4, -0.2) is 66.7 Å². The van der Waals surface area contributed by atoms with E-state index in [0.717, 1.165) is 21.3 Å². The van der Waals surface area contributed by atoms with Crippen LogP contribution in [0, 0.1) is 27.2 Å². The van der Waals surface area contributed by atoms with Gasteiger partial charge in [0.2, 0.25) is 11.8 Å². The fraction of sp³-hybridized carbons (Fsp3) is 0.679. The molecule has 1 aromatic rings. The molecule has 0 bridgehead atoms. The summed E-state index contributed by atoms with van der Waals surface area (Å²) >= 11 is 2.17. The number of benzene rings is 1. The number of hydrogen-bond acceptors (Lipinski definition) is 6. The Hall–Kier alpha value is -1.88. The molecule has 208 valence electrons. The Morgan fingerprint density at radius 1 is 1.16 bits per heavy atom. The highest BCUT2D eigenvalue weighted by atomic mass is 127. The molecule has 8 nitrogen and oxygen atoms in total. The third-order valence-electron chi connectivity index (χ3n) is 7.31. The highest BCUT2D eigenvalue weighted by Crippen LogP contribution is 2.27. The van der Waals surface area contributed by atoms with Gasteiger partial charge in [-0.3, -0.25) is 9.59 Å². The molecule has 0 aliphatic carbocycles. The quantitative estimate of drug-likeness (QED) is 0.388. The number of rotatable bonds is 4. The number of aliphatic hydroxyl groups is 1. The highest BCUT2D eigenvalue weighted by molar-refractivity contribution is 14.1. The lowest BCUT2D eigenvalue weighted by molar-refractivity contribution is -0.162. The maximum atomic E-state index is 13.5. The number of hydrogen-bond donors (Lipinski definition) is 2. The molecule has 0 saturated carbocycles. The van der Waals surface area contributed by atoms with Crippen molar-refractivity contribution in [2.45, 2.75) is 78.6 Å². The van der Waals surface area contributed by atoms with Crippen LogP contribution in [0.5, 0.6) is 5.75 Å². The van der Waals surface area contributed by atoms with Gasteiger partial charge in [-0.25, -0.2) is 4.79 Å². The summed E-state index contributed by atoms with van der Waals surface area (Å²) in [4.78, 5) is 40.6. The molecule has 1 aromatic carbocycles. The zero-order valence-electron chi connectivity index (χ0n) is 23.1. The predicted octanol–water partition coefficient (Wildman–Crippen LogP) is 3.81. The number of cyclic esters (lactones) is 1. The minimum atomic E-state index is -0.894. The van der Waals surface area contributed by atoms with Gasteiger partial charge in [0.25, 0.3) is 0 Å². The predicted molar refractivity (Wildman–Crippen MR) is 151 cm³/mol. The largest absolute Gasteiger partial charge is 0.496 e. The Morgan fingerprint density at radius 3 is 2.43 bits per heavy atom. The van der Waals surface area contributed by atoms with Crippen LogP contribution in [0.4, 0.5) is 0 Å². The van der Waals surface area contributed by atoms with E-state index in [-0.39, 0.29) is 48.5 Å². The minimum absolute atomic E-state index is 0.00925. The van der Waals surface area contributed by atoms with Crippen molar-refractivity contribution in [2.75, 3.05) is 20.7 Å². The lowest BCUT2D eigenvalue weighted by atomic mass is 9.84. The van der Waals surface area contributed by atoms with E-state index in [1.807, 2.05) is 45.9 Å². The lowest BCUT2D eigenvalue weighted by Gasteiger charge is -2.32. The molecule has 9 heteroatoms. The topological polar surface area (TPSA) is 105 Å². The van der Waals surface area contributed by atoms with Crippen LogP contribution >= 0.6 is 22.6 Å². The first-order valence-corrected chi connectivity index (χ1v) is 14.2. The van der Waals surface area contributed by atoms with Crippen molar-refractivity contribution in [1.82, 2.24) is 10.2 Å². The van der Waals surface area contributed by atoms with E-state index >= 15 is 0 Å². The number of esters is 1. The first-order chi connectivity index (χ1) is 17.3. The normalized spacial score (nSPS) is 29.1. The van der Waals surface area contributed by atoms with Crippen molar-refractivity contribution < 1.29 is 29.0 Å². The van der Waals surface area contributed by atoms with E-state index in [2.05, 4.69) is 34.8 Å². The van der Waals surface area contributed by atoms with Crippen LogP contribution in [0.15, 0.2) is 18.2 Å². The van der Waals surface area contributed by atoms with Gasteiger partial charge < -0.3 is 24.8 Å². The van der Waals surface area contributed by atoms with Crippen molar-refractivity contribution in [3.05, 3.63) is 27.3 Å². The molecule has 37 heavy (non-hydrogen) atoms. The van der Waals surface area contributed by atoms with Crippen LogP contribution in [0.25, 0.3) is 0 Å². The second-order valence-corrected chi connectivity index (χ2v) is 12.1. The molecule has 2 amide bonds. The molecule has 0 radical (unpaired) electrons. The van der Waals surface area contributed by atoms with Crippen molar-refractivity contribution in [3.63, 3.8) is 0 Å². The molecular weight excluding hydrogens is 587 g/mol. The summed E-state index contributed by atoms with van der Waals surface area (Å²) in [6.07, 6.45) is 0.825. The first-order valence-electron chi connectivity index (χ1n) is 13.1. The SMILES string of the molecule is COc1ccc(C[C@@H]2C(=O)O[C@H](C(C)C)C[C@H](O)[C@H](C)C[C@H](C)C[C@H](C)C(=O)NCC(=O)N2C)cc1I. The van der Waals surface area contributed by atoms with Crippen molar-refractivity contribution in [2.24, 2.45) is 23.7 Å². The van der Waals surface area contributed by atoms with E-state index in [1.54, 1.807) is 14.2 Å². The number of aliphatic hydroxyl groups excluding tert-OH is 1. The third-order valence-corrected chi connectivity index (χ3v) is 8.15. The standard InChI is InChI=1S/C28H43IN2O6/c1-16(2)25-14-23(32)18(4)10-17(3)11-19(5)27(34)30-15-26(33)31(6)22(28(35)37-25)13-20-8-9-24(36-7)21(29)12-20/h8-9,12,16-19,22-23,25,32H,10-11,13-15H2,1-7H3,(H,30,34)/t17-,18+,19-,22+,23-,25-/m0/s1. The molecule has 0 unspecified atom stereocenters. The van der Waals surface area contributed by atoms with Crippen LogP contribution in [0.3, 0.4) is 0 Å². The number of methoxy groups -OCH3 is 1. The van der Waals surface area contributed by atoms with Gasteiger partial charge in [0, 0.05) is 25.8 Å². The van der Waals surface area contributed by atoms with Gasteiger partial charge in [-0.15, -0.1) is 0 Å². The van der Waals surface area contributed by atoms with Crippen molar-refractivity contribution in [3.8, 4) is 5.75 Å². The summed E-state index contributed by atoms with van der Waals surface area (Å²) in [6.45, 7) is 9.65. The Labute approximate surface area is 235 Å². The average molecular weight is 631 g/mol. The van der Waals surface area contributed by atoms with Crippen LogP contribution in [-0.2, 0) is 25.5 Å². The third kappa shape index (κ3) is 9.12. The molecule has 0 aromatic heterocycles. The molecule has 0 spiro atoms. The summed E-state index contributed by atoms with van der Waals surface area (Å²) in [7, 11) is 3.16. The van der Waals surface area contributed by atoms with E-state index < -0.39 is 24.2 Å². The van der Waals surface area contributed by atoms with Crippen LogP contribution in [0.1, 0.15) is 59.4 Å². The Balaban J connectivity index is 2.38. The van der Waals surface area contributed by atoms with Gasteiger partial charge in [-0.2, -0.15) is 0 Å². The zero-order valence-corrected chi connectivity index (χ0v) is 25.3. The van der Waals surface area contributed by atoms with E-state index in [1.165, 1.54) is 4.90 Å². The Morgan fingerprint density at radius 2 is 1.84 bits per heavy atom. The monoisotopic (exact) mass is 630 g/mol. The number of nitrogens with one attached hydrogen (secondary N) is 1. The fourth-order valence-electron chi connectivity index (χ4n) is 4.83. The van der Waals surface area contributed by atoms with E-state index in [0.29, 0.717) is 12.8 Å². The van der Waals surface area contributed by atoms with Crippen molar-refractivity contribution >= 4 is 40.4 Å². The second-order valence-electron chi connectivity index (χ2n) is 10.9. The van der Waals surface area contributed by atoms with Gasteiger partial charge in [-0.1, -0.05) is 40.7 Å². The van der Waals surface area contributed by atoms with Gasteiger partial charge in [0.15, 0.2) is 0 Å². The first kappa shape index (κ1) is 31.3. The summed E-state index contributed by atoms with van der Waals surface area (Å²) in [6, 6.07) is 4.72. The summed E-state index contributed by atoms with van der Waals surface area (Å²) < 4.78 is 12.2. The molecular formula is C28H43IN2O6. The molecule has 6 atom stereocenters. The van der Waals surface area contributed by atoms with Crippen LogP contribution in [0.2, 0.25) is 0 Å². The zero-order chi connectivity index (χ0) is 27.9. The molecule has 2 rings (SSSR count). The summed E-state index contributed by atoms with van der Waals surface area (Å²) in [5, 5.41) is 13.7. The summed E-state index contributed by atoms with van der Waals surface area (Å²) in [5.74, 6) is -0.448. The van der Waals surface area contributed by atoms with Gasteiger partial charge in [0.05, 0.1) is 23.3 Å². The number of halogens is 1. The minimum Gasteiger partial charge on any atom is -0.496 e. The van der Waals surface area contributed by atoms with Crippen molar-refractivity contribution in [1.29, 1.82) is 0 Å². The number of likely N-dealkylation sites (N-methyl/N-ethyl adjacent to an activating group) is 1. The lowest BCUT2D eigenvalue weighted by Crippen LogP contribution is -2.50. The molecule has 1 fully saturated rings. The Bertz CT molecular complexity index is 939. The highest BCUT2D eigenvalue weighted by Gasteiger charge is 2.34. The van der Waals surface area contributed by atoms with E-state index in [4.69, 9.17) is 9.47 Å². The molecule has 1 saturated heterocycles. The number of ether oxygens (including phenoxy) is 2. The van der Waals surface area contributed by atoms with Gasteiger partial charge in [0.1, 0.15) is 17.9 Å². The maximum Gasteiger partial charge on any atom is 0.329 e. The molecule has 1 heterocycles. The van der Waals surface area contributed by atoms with Crippen LogP contribution < -0.4 is 10.1 Å².